The lowest BCUT2D eigenvalue weighted by Gasteiger charge is -2.15. The van der Waals surface area contributed by atoms with Gasteiger partial charge in [-0.15, -0.1) is 6.58 Å². The van der Waals surface area contributed by atoms with Crippen molar-refractivity contribution in [2.75, 3.05) is 7.11 Å². The Labute approximate surface area is 115 Å². The van der Waals surface area contributed by atoms with Gasteiger partial charge in [0.25, 0.3) is 0 Å². The normalized spacial score (nSPS) is 12.7. The summed E-state index contributed by atoms with van der Waals surface area (Å²) in [5.41, 5.74) is -0.953. The van der Waals surface area contributed by atoms with Crippen LogP contribution in [0.25, 0.3) is 0 Å². The Bertz CT molecular complexity index is 498. The van der Waals surface area contributed by atoms with E-state index in [2.05, 4.69) is 11.9 Å². The van der Waals surface area contributed by atoms with Gasteiger partial charge in [-0.05, 0) is 24.6 Å². The average Bonchev–Trinajstić information content (AvgIpc) is 2.37. The van der Waals surface area contributed by atoms with Crippen LogP contribution in [0.2, 0.25) is 0 Å². The van der Waals surface area contributed by atoms with Crippen molar-refractivity contribution in [2.45, 2.75) is 25.6 Å². The number of alkyl halides is 3. The van der Waals surface area contributed by atoms with Crippen molar-refractivity contribution < 1.29 is 22.7 Å². The Morgan fingerprint density at radius 2 is 2.15 bits per heavy atom. The van der Waals surface area contributed by atoms with Crippen molar-refractivity contribution in [1.29, 1.82) is 0 Å². The summed E-state index contributed by atoms with van der Waals surface area (Å²) in [5, 5.41) is 2.53. The number of hydrogen-bond acceptors (Lipinski definition) is 2. The fourth-order valence-electron chi connectivity index (χ4n) is 1.64. The molecule has 1 amide bonds. The van der Waals surface area contributed by atoms with Gasteiger partial charge in [0, 0.05) is 6.04 Å². The summed E-state index contributed by atoms with van der Waals surface area (Å²) in [6.07, 6.45) is -3.39. The molecule has 1 rings (SSSR count). The summed E-state index contributed by atoms with van der Waals surface area (Å²) in [4.78, 5) is 11.7. The molecule has 0 aromatic heterocycles. The van der Waals surface area contributed by atoms with Gasteiger partial charge in [-0.1, -0.05) is 12.1 Å². The zero-order chi connectivity index (χ0) is 15.3. The molecule has 0 saturated heterocycles. The molecule has 0 aliphatic rings. The third-order valence-electron chi connectivity index (χ3n) is 2.72. The van der Waals surface area contributed by atoms with Crippen LogP contribution in [0, 0.1) is 0 Å². The smallest absolute Gasteiger partial charge is 0.416 e. The Kier molecular flexibility index (Phi) is 5.19. The van der Waals surface area contributed by atoms with Crippen LogP contribution in [0.1, 0.15) is 18.1 Å². The third kappa shape index (κ3) is 4.29. The molecule has 0 aliphatic carbocycles. The predicted octanol–water partition coefficient (Wildman–Crippen LogP) is 2.95. The van der Waals surface area contributed by atoms with Crippen LogP contribution in [-0.4, -0.2) is 19.1 Å². The quantitative estimate of drug-likeness (QED) is 0.846. The second-order valence-corrected chi connectivity index (χ2v) is 4.29. The highest BCUT2D eigenvalue weighted by Gasteiger charge is 2.34. The zero-order valence-electron chi connectivity index (χ0n) is 11.3. The summed E-state index contributed by atoms with van der Waals surface area (Å²) in [7, 11) is 1.29. The van der Waals surface area contributed by atoms with E-state index in [1.165, 1.54) is 25.3 Å². The summed E-state index contributed by atoms with van der Waals surface area (Å²) in [5.74, 6) is -0.394. The summed E-state index contributed by atoms with van der Waals surface area (Å²) < 4.78 is 43.6. The monoisotopic (exact) mass is 287 g/mol. The van der Waals surface area contributed by atoms with Crippen molar-refractivity contribution in [3.63, 3.8) is 0 Å². The van der Waals surface area contributed by atoms with E-state index in [0.29, 0.717) is 0 Å². The largest absolute Gasteiger partial charge is 0.497 e. The molecule has 20 heavy (non-hydrogen) atoms. The topological polar surface area (TPSA) is 38.3 Å². The molecule has 3 nitrogen and oxygen atoms in total. The molecule has 0 fully saturated rings. The predicted molar refractivity (Wildman–Crippen MR) is 69.5 cm³/mol. The van der Waals surface area contributed by atoms with E-state index in [0.717, 1.165) is 6.07 Å². The lowest BCUT2D eigenvalue weighted by Crippen LogP contribution is -2.32. The fraction of sp³-hybridized carbons (Fsp3) is 0.357. The van der Waals surface area contributed by atoms with Crippen molar-refractivity contribution >= 4 is 5.91 Å². The summed E-state index contributed by atoms with van der Waals surface area (Å²) in [6.45, 7) is 5.17. The van der Waals surface area contributed by atoms with E-state index >= 15 is 0 Å². The number of halogens is 3. The standard InChI is InChI=1S/C14H16F3NO2/c1-4-9(2)18-13(19)7-10-5-6-11(20-3)8-12(10)14(15,16)17/h4-6,8-9H,1,7H2,2-3H3,(H,18,19). The van der Waals surface area contributed by atoms with Gasteiger partial charge in [0.15, 0.2) is 0 Å². The van der Waals surface area contributed by atoms with Gasteiger partial charge in [-0.25, -0.2) is 0 Å². The first kappa shape index (κ1) is 16.1. The highest BCUT2D eigenvalue weighted by atomic mass is 19.4. The van der Waals surface area contributed by atoms with Gasteiger partial charge in [-0.3, -0.25) is 4.79 Å². The van der Waals surface area contributed by atoms with Crippen LogP contribution >= 0.6 is 0 Å². The van der Waals surface area contributed by atoms with Crippen LogP contribution in [0.3, 0.4) is 0 Å². The molecule has 0 bridgehead atoms. The van der Waals surface area contributed by atoms with Gasteiger partial charge in [0.1, 0.15) is 5.75 Å². The van der Waals surface area contributed by atoms with Crippen molar-refractivity contribution in [3.05, 3.63) is 42.0 Å². The Hall–Kier alpha value is -1.98. The minimum atomic E-state index is -4.53. The number of benzene rings is 1. The number of rotatable bonds is 5. The molecule has 1 atom stereocenters. The number of carbonyl (C=O) groups excluding carboxylic acids is 1. The van der Waals surface area contributed by atoms with Gasteiger partial charge >= 0.3 is 6.18 Å². The van der Waals surface area contributed by atoms with E-state index in [-0.39, 0.29) is 23.8 Å². The molecule has 6 heteroatoms. The number of nitrogens with one attached hydrogen (secondary N) is 1. The zero-order valence-corrected chi connectivity index (χ0v) is 11.3. The molecular weight excluding hydrogens is 271 g/mol. The summed E-state index contributed by atoms with van der Waals surface area (Å²) in [6, 6.07) is 3.24. The van der Waals surface area contributed by atoms with E-state index in [1.54, 1.807) is 6.92 Å². The van der Waals surface area contributed by atoms with Gasteiger partial charge in [0.2, 0.25) is 5.91 Å². The molecule has 0 radical (unpaired) electrons. The fourth-order valence-corrected chi connectivity index (χ4v) is 1.64. The molecule has 0 spiro atoms. The second kappa shape index (κ2) is 6.45. The highest BCUT2D eigenvalue weighted by Crippen LogP contribution is 2.34. The number of ether oxygens (including phenoxy) is 1. The van der Waals surface area contributed by atoms with Gasteiger partial charge in [0.05, 0.1) is 19.1 Å². The van der Waals surface area contributed by atoms with Crippen molar-refractivity contribution in [1.82, 2.24) is 5.32 Å². The molecule has 110 valence electrons. The van der Waals surface area contributed by atoms with Crippen molar-refractivity contribution in [2.24, 2.45) is 0 Å². The highest BCUT2D eigenvalue weighted by molar-refractivity contribution is 5.79. The first-order valence-electron chi connectivity index (χ1n) is 5.94. The molecule has 1 aromatic carbocycles. The van der Waals surface area contributed by atoms with Crippen LogP contribution in [0.5, 0.6) is 5.75 Å². The first-order chi connectivity index (χ1) is 9.27. The van der Waals surface area contributed by atoms with E-state index in [9.17, 15) is 18.0 Å². The van der Waals surface area contributed by atoms with Crippen molar-refractivity contribution in [3.8, 4) is 5.75 Å². The van der Waals surface area contributed by atoms with Gasteiger partial charge < -0.3 is 10.1 Å². The SMILES string of the molecule is C=CC(C)NC(=O)Cc1ccc(OC)cc1C(F)(F)F. The minimum absolute atomic E-state index is 0.0907. The lowest BCUT2D eigenvalue weighted by atomic mass is 10.0. The van der Waals surface area contributed by atoms with Crippen LogP contribution in [0.15, 0.2) is 30.9 Å². The maximum absolute atomic E-state index is 12.9. The van der Waals surface area contributed by atoms with Gasteiger partial charge in [-0.2, -0.15) is 13.2 Å². The molecule has 1 unspecified atom stereocenters. The number of hydrogen-bond donors (Lipinski definition) is 1. The maximum Gasteiger partial charge on any atom is 0.416 e. The minimum Gasteiger partial charge on any atom is -0.497 e. The summed E-state index contributed by atoms with van der Waals surface area (Å²) >= 11 is 0. The number of methoxy groups -OCH3 is 1. The van der Waals surface area contributed by atoms with Crippen LogP contribution < -0.4 is 10.1 Å². The maximum atomic E-state index is 12.9. The molecule has 0 aliphatic heterocycles. The van der Waals surface area contributed by atoms with E-state index in [1.807, 2.05) is 0 Å². The Morgan fingerprint density at radius 3 is 2.65 bits per heavy atom. The molecule has 1 aromatic rings. The molecule has 1 N–H and O–H groups in total. The lowest BCUT2D eigenvalue weighted by molar-refractivity contribution is -0.138. The Morgan fingerprint density at radius 1 is 1.50 bits per heavy atom. The first-order valence-corrected chi connectivity index (χ1v) is 5.94. The third-order valence-corrected chi connectivity index (χ3v) is 2.72. The number of carbonyl (C=O) groups is 1. The van der Waals surface area contributed by atoms with E-state index in [4.69, 9.17) is 4.74 Å². The second-order valence-electron chi connectivity index (χ2n) is 4.29. The van der Waals surface area contributed by atoms with Crippen LogP contribution in [-0.2, 0) is 17.4 Å². The number of amides is 1. The molecule has 0 heterocycles. The van der Waals surface area contributed by atoms with Crippen LogP contribution in [0.4, 0.5) is 13.2 Å². The Balaban J connectivity index is 3.00. The molecule has 0 saturated carbocycles. The molecular formula is C14H16F3NO2. The van der Waals surface area contributed by atoms with E-state index < -0.39 is 17.6 Å². The average molecular weight is 287 g/mol.